The van der Waals surface area contributed by atoms with Crippen LogP contribution >= 0.6 is 15.6 Å². The summed E-state index contributed by atoms with van der Waals surface area (Å²) in [6.07, 6.45) is 108. The van der Waals surface area contributed by atoms with Gasteiger partial charge in [-0.1, -0.05) is 318 Å². The Kier molecular flexibility index (Phi) is 77.7. The molecule has 0 aliphatic carbocycles. The van der Waals surface area contributed by atoms with Crippen molar-refractivity contribution in [2.75, 3.05) is 39.6 Å². The average molecular weight is 1560 g/mol. The van der Waals surface area contributed by atoms with E-state index in [0.29, 0.717) is 19.3 Å². The largest absolute Gasteiger partial charge is 0.472 e. The molecule has 0 aromatic carbocycles. The van der Waals surface area contributed by atoms with E-state index >= 15 is 0 Å². The highest BCUT2D eigenvalue weighted by Crippen LogP contribution is 2.45. The van der Waals surface area contributed by atoms with Crippen molar-refractivity contribution in [3.8, 4) is 0 Å². The summed E-state index contributed by atoms with van der Waals surface area (Å²) < 4.78 is 61.2. The van der Waals surface area contributed by atoms with Gasteiger partial charge in [-0.05, 0) is 161 Å². The molecule has 0 aromatic rings. The van der Waals surface area contributed by atoms with Crippen molar-refractivity contribution in [2.24, 2.45) is 0 Å². The maximum atomic E-state index is 13.0. The van der Waals surface area contributed by atoms with Gasteiger partial charge >= 0.3 is 33.6 Å². The molecule has 0 saturated heterocycles. The molecular formula is C91H148O16P2. The second-order valence-corrected chi connectivity index (χ2v) is 30.0. The fourth-order valence-corrected chi connectivity index (χ4v) is 12.2. The molecule has 0 fully saturated rings. The highest BCUT2D eigenvalue weighted by Gasteiger charge is 2.29. The van der Waals surface area contributed by atoms with Gasteiger partial charge in [-0.25, -0.2) is 9.13 Å². The van der Waals surface area contributed by atoms with Crippen LogP contribution in [0.15, 0.2) is 194 Å². The van der Waals surface area contributed by atoms with E-state index in [4.69, 9.17) is 32.3 Å². The van der Waals surface area contributed by atoms with E-state index in [-0.39, 0.29) is 19.3 Å². The number of rotatable bonds is 77. The SMILES string of the molecule is CC/C=C\C/C=C\C/C=C\C/C=C\C/C=C\C/C=C\CCCCCCCCCCCCCCCCC(=O)OCC(O)COP(=O)(O)OCC(O)COP(=O)(O)OCC(COC(=O)CCCC/C=C\C/C=C\C/C=C\C/C=C\C/C=C\C/C=C\CC)OC(=O)CCCCCCCC/C=C\C/C=C\C/C=C\C/C=C\CC. The molecule has 0 aliphatic rings. The Hall–Kier alpha value is -5.61. The van der Waals surface area contributed by atoms with Crippen molar-refractivity contribution in [3.63, 3.8) is 0 Å². The van der Waals surface area contributed by atoms with E-state index in [1.807, 2.05) is 0 Å². The molecule has 0 heterocycles. The van der Waals surface area contributed by atoms with Crippen LogP contribution in [-0.4, -0.2) is 95.9 Å². The van der Waals surface area contributed by atoms with Gasteiger partial charge in [0.05, 0.1) is 26.4 Å². The average Bonchev–Trinajstić information content (AvgIpc) is 0.896. The quantitative estimate of drug-likeness (QED) is 0.0146. The zero-order valence-electron chi connectivity index (χ0n) is 67.6. The standard InChI is InChI=1S/C91H148O16P2/c1-4-7-10-13-16-19-22-25-28-31-34-36-37-38-39-40-41-42-43-44-45-46-47-49-52-53-56-59-62-65-68-71-74-77-89(94)101-80-86(92)81-103-108(97,98)104-82-87(93)83-105-109(99,100)106-85-88(107-91(96)79-76-73-70-67-64-61-58-55-50-33-30-27-24-21-18-15-12-9-6-3)84-102-90(95)78-75-72-69-66-63-60-57-54-51-48-35-32-29-26-23-20-17-14-11-8-5-2/h7-12,16-21,25-30,34-36,38-39,41-42,48,50,54-55,57,63,66,86-88,92-93H,4-6,13-15,22-24,31-33,37,40,43-47,49,51-53,56,58-62,64-65,67-85H2,1-3H3,(H,97,98)(H,99,100)/b10-7-,11-8-,12-9-,19-16-,20-17-,21-18-,28-25-,29-26-,30-27-,36-34-,39-38-,42-41-,48-35-,55-50-,57-54-,66-63-. The number of carbonyl (C=O) groups excluding carboxylic acids is 3. The van der Waals surface area contributed by atoms with Crippen molar-refractivity contribution in [2.45, 2.75) is 322 Å². The first-order valence-electron chi connectivity index (χ1n) is 41.7. The van der Waals surface area contributed by atoms with Crippen molar-refractivity contribution in [3.05, 3.63) is 194 Å². The predicted molar refractivity (Wildman–Crippen MR) is 454 cm³/mol. The molecule has 0 rings (SSSR count). The van der Waals surface area contributed by atoms with E-state index in [0.717, 1.165) is 180 Å². The van der Waals surface area contributed by atoms with Crippen LogP contribution in [0.4, 0.5) is 0 Å². The molecule has 0 radical (unpaired) electrons. The van der Waals surface area contributed by atoms with Crippen LogP contribution in [0.25, 0.3) is 0 Å². The Labute approximate surface area is 661 Å². The van der Waals surface area contributed by atoms with E-state index < -0.39 is 91.5 Å². The minimum Gasteiger partial charge on any atom is -0.463 e. The summed E-state index contributed by atoms with van der Waals surface area (Å²) in [5.74, 6) is -1.65. The van der Waals surface area contributed by atoms with Crippen LogP contribution in [0.3, 0.4) is 0 Å². The number of phosphoric acid groups is 2. The van der Waals surface area contributed by atoms with Gasteiger partial charge in [-0.3, -0.25) is 32.5 Å². The topological polar surface area (TPSA) is 231 Å². The lowest BCUT2D eigenvalue weighted by Gasteiger charge is -2.21. The summed E-state index contributed by atoms with van der Waals surface area (Å²) in [7, 11) is -9.83. The van der Waals surface area contributed by atoms with Gasteiger partial charge in [0, 0.05) is 19.3 Å². The zero-order valence-corrected chi connectivity index (χ0v) is 69.4. The van der Waals surface area contributed by atoms with E-state index in [1.54, 1.807) is 0 Å². The molecule has 618 valence electrons. The Bertz CT molecular complexity index is 2760. The Morgan fingerprint density at radius 3 is 0.743 bits per heavy atom. The van der Waals surface area contributed by atoms with Gasteiger partial charge in [-0.2, -0.15) is 0 Å². The number of aliphatic hydroxyl groups excluding tert-OH is 2. The molecule has 4 N–H and O–H groups in total. The number of unbranched alkanes of at least 4 members (excludes halogenated alkanes) is 22. The van der Waals surface area contributed by atoms with Gasteiger partial charge in [-0.15, -0.1) is 0 Å². The van der Waals surface area contributed by atoms with Crippen LogP contribution in [0.2, 0.25) is 0 Å². The molecule has 0 spiro atoms. The summed E-state index contributed by atoms with van der Waals surface area (Å²) in [5.41, 5.74) is 0. The van der Waals surface area contributed by atoms with Crippen molar-refractivity contribution in [1.82, 2.24) is 0 Å². The summed E-state index contributed by atoms with van der Waals surface area (Å²) >= 11 is 0. The number of phosphoric ester groups is 2. The third-order valence-corrected chi connectivity index (χ3v) is 18.7. The van der Waals surface area contributed by atoms with Gasteiger partial charge in [0.1, 0.15) is 25.4 Å². The second-order valence-electron chi connectivity index (χ2n) is 27.1. The van der Waals surface area contributed by atoms with E-state index in [1.165, 1.54) is 64.2 Å². The number of ether oxygens (including phenoxy) is 3. The second kappa shape index (κ2) is 81.9. The first kappa shape index (κ1) is 103. The molecule has 109 heavy (non-hydrogen) atoms. The number of esters is 3. The molecule has 0 aliphatic heterocycles. The number of hydrogen-bond donors (Lipinski definition) is 4. The van der Waals surface area contributed by atoms with E-state index in [9.17, 15) is 43.5 Å². The van der Waals surface area contributed by atoms with Crippen LogP contribution in [0.1, 0.15) is 303 Å². The highest BCUT2D eigenvalue weighted by atomic mass is 31.2. The summed E-state index contributed by atoms with van der Waals surface area (Å²) in [4.78, 5) is 58.8. The van der Waals surface area contributed by atoms with Gasteiger partial charge in [0.25, 0.3) is 0 Å². The zero-order chi connectivity index (χ0) is 79.4. The van der Waals surface area contributed by atoms with Crippen LogP contribution in [-0.2, 0) is 55.8 Å². The molecule has 5 atom stereocenters. The minimum atomic E-state index is -4.96. The third-order valence-electron chi connectivity index (χ3n) is 16.8. The van der Waals surface area contributed by atoms with Gasteiger partial charge in [0.2, 0.25) is 0 Å². The fraction of sp³-hybridized carbons (Fsp3) is 0.615. The fourth-order valence-electron chi connectivity index (χ4n) is 10.6. The van der Waals surface area contributed by atoms with Crippen LogP contribution in [0.5, 0.6) is 0 Å². The Morgan fingerprint density at radius 1 is 0.257 bits per heavy atom. The lowest BCUT2D eigenvalue weighted by atomic mass is 10.0. The molecular weight excluding hydrogens is 1410 g/mol. The molecule has 0 saturated carbocycles. The minimum absolute atomic E-state index is 0.0713. The Morgan fingerprint density at radius 2 is 0.459 bits per heavy atom. The maximum Gasteiger partial charge on any atom is 0.472 e. The molecule has 18 heteroatoms. The number of aliphatic hydroxyl groups is 2. The molecule has 0 amide bonds. The number of carbonyl (C=O) groups is 3. The first-order valence-corrected chi connectivity index (χ1v) is 44.7. The summed E-state index contributed by atoms with van der Waals surface area (Å²) in [5, 5.41) is 20.7. The van der Waals surface area contributed by atoms with Crippen LogP contribution in [0, 0.1) is 0 Å². The molecule has 0 aromatic heterocycles. The van der Waals surface area contributed by atoms with Crippen molar-refractivity contribution in [1.29, 1.82) is 0 Å². The normalized spacial score (nSPS) is 14.9. The lowest BCUT2D eigenvalue weighted by Crippen LogP contribution is -2.30. The number of hydrogen-bond acceptors (Lipinski definition) is 14. The van der Waals surface area contributed by atoms with Crippen molar-refractivity contribution >= 4 is 33.6 Å². The third kappa shape index (κ3) is 83.2. The van der Waals surface area contributed by atoms with Gasteiger partial charge in [0.15, 0.2) is 6.10 Å². The predicted octanol–water partition coefficient (Wildman–Crippen LogP) is 25.1. The smallest absolute Gasteiger partial charge is 0.463 e. The monoisotopic (exact) mass is 1560 g/mol. The maximum absolute atomic E-state index is 13.0. The van der Waals surface area contributed by atoms with Gasteiger partial charge < -0.3 is 34.2 Å². The summed E-state index contributed by atoms with van der Waals surface area (Å²) in [6, 6.07) is 0. The van der Waals surface area contributed by atoms with Crippen molar-refractivity contribution < 1.29 is 75.8 Å². The molecule has 5 unspecified atom stereocenters. The Balaban J connectivity index is 4.59. The summed E-state index contributed by atoms with van der Waals surface area (Å²) in [6.45, 7) is 2.26. The first-order chi connectivity index (χ1) is 53.2. The van der Waals surface area contributed by atoms with Crippen LogP contribution < -0.4 is 0 Å². The lowest BCUT2D eigenvalue weighted by molar-refractivity contribution is -0.161. The van der Waals surface area contributed by atoms with E-state index in [2.05, 4.69) is 215 Å². The molecule has 16 nitrogen and oxygen atoms in total. The molecule has 0 bridgehead atoms. The highest BCUT2D eigenvalue weighted by molar-refractivity contribution is 7.47. The number of allylic oxidation sites excluding steroid dienone is 32.